The number of benzene rings is 1. The van der Waals surface area contributed by atoms with Gasteiger partial charge in [-0.2, -0.15) is 0 Å². The van der Waals surface area contributed by atoms with Crippen LogP contribution in [-0.4, -0.2) is 35.7 Å². The summed E-state index contributed by atoms with van der Waals surface area (Å²) in [6.07, 6.45) is 2.67. The first-order valence-electron chi connectivity index (χ1n) is 7.63. The summed E-state index contributed by atoms with van der Waals surface area (Å²) >= 11 is 0. The third-order valence-electron chi connectivity index (χ3n) is 3.93. The minimum absolute atomic E-state index is 0.0444. The molecule has 0 fully saturated rings. The molecule has 1 amide bonds. The molecular formula is C17H18FN3O3. The Labute approximate surface area is 138 Å². The van der Waals surface area contributed by atoms with Crippen molar-refractivity contribution in [1.29, 1.82) is 0 Å². The standard InChI is InChI=1S/C17H18FN3O3/c18-8-12(9-19)11-23-15-1-2-16-13(7-15)3-5-21(17(16)22)10-14-4-6-24-20-14/h1-2,4,6-8H,3,5,9-11,19H2/b12-8-. The molecule has 0 saturated carbocycles. The molecule has 2 N–H and O–H groups in total. The van der Waals surface area contributed by atoms with Gasteiger partial charge in [0.05, 0.1) is 12.9 Å². The lowest BCUT2D eigenvalue weighted by atomic mass is 9.98. The van der Waals surface area contributed by atoms with Crippen molar-refractivity contribution in [1.82, 2.24) is 10.1 Å². The van der Waals surface area contributed by atoms with Crippen LogP contribution in [0.5, 0.6) is 5.75 Å². The van der Waals surface area contributed by atoms with Gasteiger partial charge in [0.2, 0.25) is 0 Å². The van der Waals surface area contributed by atoms with E-state index in [0.29, 0.717) is 36.3 Å². The summed E-state index contributed by atoms with van der Waals surface area (Å²) in [7, 11) is 0. The fourth-order valence-corrected chi connectivity index (χ4v) is 2.58. The average Bonchev–Trinajstić information content (AvgIpc) is 3.11. The van der Waals surface area contributed by atoms with Crippen LogP contribution in [0.25, 0.3) is 0 Å². The van der Waals surface area contributed by atoms with E-state index in [4.69, 9.17) is 15.0 Å². The molecule has 0 radical (unpaired) electrons. The molecule has 0 saturated heterocycles. The fourth-order valence-electron chi connectivity index (χ4n) is 2.58. The van der Waals surface area contributed by atoms with Crippen LogP contribution in [0.1, 0.15) is 21.6 Å². The Morgan fingerprint density at radius 3 is 3.04 bits per heavy atom. The van der Waals surface area contributed by atoms with Crippen molar-refractivity contribution in [2.75, 3.05) is 19.7 Å². The van der Waals surface area contributed by atoms with Gasteiger partial charge in [0, 0.05) is 30.3 Å². The van der Waals surface area contributed by atoms with Gasteiger partial charge < -0.3 is 19.9 Å². The maximum atomic E-state index is 12.6. The SMILES string of the molecule is NC/C(=C/F)COc1ccc2c(c1)CCN(Cc1ccon1)C2=O. The highest BCUT2D eigenvalue weighted by Gasteiger charge is 2.25. The second kappa shape index (κ2) is 7.27. The van der Waals surface area contributed by atoms with Gasteiger partial charge in [-0.3, -0.25) is 4.79 Å². The summed E-state index contributed by atoms with van der Waals surface area (Å²) < 4.78 is 22.8. The van der Waals surface area contributed by atoms with E-state index in [1.807, 2.05) is 6.07 Å². The summed E-state index contributed by atoms with van der Waals surface area (Å²) in [6, 6.07) is 7.02. The van der Waals surface area contributed by atoms with E-state index in [1.165, 1.54) is 6.26 Å². The predicted octanol–water partition coefficient (Wildman–Crippen LogP) is 2.06. The van der Waals surface area contributed by atoms with Crippen molar-refractivity contribution in [3.05, 3.63) is 59.3 Å². The number of halogens is 1. The highest BCUT2D eigenvalue weighted by molar-refractivity contribution is 5.96. The minimum atomic E-state index is -0.0444. The highest BCUT2D eigenvalue weighted by Crippen LogP contribution is 2.25. The third kappa shape index (κ3) is 3.46. The molecule has 0 bridgehead atoms. The predicted molar refractivity (Wildman–Crippen MR) is 85.1 cm³/mol. The molecule has 1 aliphatic heterocycles. The number of hydrogen-bond donors (Lipinski definition) is 1. The zero-order valence-electron chi connectivity index (χ0n) is 13.1. The number of hydrogen-bond acceptors (Lipinski definition) is 5. The lowest BCUT2D eigenvalue weighted by Crippen LogP contribution is -2.37. The largest absolute Gasteiger partial charge is 0.489 e. The first kappa shape index (κ1) is 16.2. The number of fused-ring (bicyclic) bond motifs is 1. The molecule has 2 heterocycles. The second-order valence-electron chi connectivity index (χ2n) is 5.55. The topological polar surface area (TPSA) is 81.6 Å². The van der Waals surface area contributed by atoms with Crippen LogP contribution < -0.4 is 10.5 Å². The molecule has 3 rings (SSSR count). The maximum Gasteiger partial charge on any atom is 0.254 e. The first-order valence-corrected chi connectivity index (χ1v) is 7.63. The maximum absolute atomic E-state index is 12.6. The molecule has 1 aliphatic rings. The lowest BCUT2D eigenvalue weighted by molar-refractivity contribution is 0.0723. The normalized spacial score (nSPS) is 14.7. The smallest absolute Gasteiger partial charge is 0.254 e. The summed E-state index contributed by atoms with van der Waals surface area (Å²) in [6.45, 7) is 1.23. The Hall–Kier alpha value is -2.67. The molecule has 0 spiro atoms. The van der Waals surface area contributed by atoms with E-state index >= 15 is 0 Å². The number of amides is 1. The Morgan fingerprint density at radius 1 is 1.46 bits per heavy atom. The van der Waals surface area contributed by atoms with E-state index in [1.54, 1.807) is 23.1 Å². The van der Waals surface area contributed by atoms with Crippen molar-refractivity contribution in [2.45, 2.75) is 13.0 Å². The zero-order chi connectivity index (χ0) is 16.9. The van der Waals surface area contributed by atoms with Gasteiger partial charge in [0.15, 0.2) is 0 Å². The number of ether oxygens (including phenoxy) is 1. The van der Waals surface area contributed by atoms with Crippen LogP contribution in [0.2, 0.25) is 0 Å². The number of carbonyl (C=O) groups excluding carboxylic acids is 1. The molecule has 24 heavy (non-hydrogen) atoms. The van der Waals surface area contributed by atoms with Crippen LogP contribution in [0.4, 0.5) is 4.39 Å². The number of carbonyl (C=O) groups is 1. The zero-order valence-corrected chi connectivity index (χ0v) is 13.1. The Bertz CT molecular complexity index is 744. The van der Waals surface area contributed by atoms with Crippen LogP contribution >= 0.6 is 0 Å². The van der Waals surface area contributed by atoms with Crippen molar-refractivity contribution < 1.29 is 18.4 Å². The number of nitrogens with zero attached hydrogens (tertiary/aromatic N) is 2. The monoisotopic (exact) mass is 331 g/mol. The van der Waals surface area contributed by atoms with Gasteiger partial charge in [-0.25, -0.2) is 4.39 Å². The average molecular weight is 331 g/mol. The van der Waals surface area contributed by atoms with Gasteiger partial charge in [-0.15, -0.1) is 0 Å². The van der Waals surface area contributed by atoms with E-state index < -0.39 is 0 Å². The molecule has 1 aromatic carbocycles. The van der Waals surface area contributed by atoms with Crippen molar-refractivity contribution in [2.24, 2.45) is 5.73 Å². The van der Waals surface area contributed by atoms with Gasteiger partial charge in [0.25, 0.3) is 5.91 Å². The number of aromatic nitrogens is 1. The molecule has 126 valence electrons. The number of nitrogens with two attached hydrogens (primary N) is 1. The van der Waals surface area contributed by atoms with Crippen molar-refractivity contribution in [3.63, 3.8) is 0 Å². The van der Waals surface area contributed by atoms with Crippen molar-refractivity contribution >= 4 is 5.91 Å². The van der Waals surface area contributed by atoms with E-state index in [-0.39, 0.29) is 19.1 Å². The van der Waals surface area contributed by atoms with Gasteiger partial charge in [-0.1, -0.05) is 5.16 Å². The van der Waals surface area contributed by atoms with Crippen LogP contribution in [0.15, 0.2) is 47.0 Å². The lowest BCUT2D eigenvalue weighted by Gasteiger charge is -2.28. The van der Waals surface area contributed by atoms with Crippen LogP contribution in [0, 0.1) is 0 Å². The summed E-state index contributed by atoms with van der Waals surface area (Å²) in [4.78, 5) is 14.3. The Morgan fingerprint density at radius 2 is 2.33 bits per heavy atom. The molecule has 7 heteroatoms. The summed E-state index contributed by atoms with van der Waals surface area (Å²) in [5.41, 5.74) is 8.07. The van der Waals surface area contributed by atoms with E-state index in [0.717, 1.165) is 17.7 Å². The van der Waals surface area contributed by atoms with Gasteiger partial charge in [-0.05, 0) is 30.2 Å². The fraction of sp³-hybridized carbons (Fsp3) is 0.294. The number of rotatable bonds is 6. The van der Waals surface area contributed by atoms with Crippen LogP contribution in [-0.2, 0) is 13.0 Å². The van der Waals surface area contributed by atoms with Gasteiger partial charge in [0.1, 0.15) is 24.3 Å². The molecule has 6 nitrogen and oxygen atoms in total. The summed E-state index contributed by atoms with van der Waals surface area (Å²) in [5.74, 6) is 0.552. The molecule has 0 unspecified atom stereocenters. The molecule has 0 aliphatic carbocycles. The molecular weight excluding hydrogens is 313 g/mol. The quantitative estimate of drug-likeness (QED) is 0.876. The summed E-state index contributed by atoms with van der Waals surface area (Å²) in [5, 5.41) is 3.84. The second-order valence-corrected chi connectivity index (χ2v) is 5.55. The van der Waals surface area contributed by atoms with E-state index in [2.05, 4.69) is 5.16 Å². The van der Waals surface area contributed by atoms with Crippen molar-refractivity contribution in [3.8, 4) is 5.75 Å². The third-order valence-corrected chi connectivity index (χ3v) is 3.93. The molecule has 2 aromatic rings. The van der Waals surface area contributed by atoms with E-state index in [9.17, 15) is 9.18 Å². The van der Waals surface area contributed by atoms with Gasteiger partial charge >= 0.3 is 0 Å². The Balaban J connectivity index is 1.70. The first-order chi connectivity index (χ1) is 11.7. The minimum Gasteiger partial charge on any atom is -0.489 e. The Kier molecular flexibility index (Phi) is 4.90. The highest BCUT2D eigenvalue weighted by atomic mass is 19.1. The molecule has 0 atom stereocenters. The molecule has 1 aromatic heterocycles. The van der Waals surface area contributed by atoms with Crippen LogP contribution in [0.3, 0.4) is 0 Å².